The van der Waals surface area contributed by atoms with Gasteiger partial charge in [-0.1, -0.05) is 24.3 Å². The number of benzene rings is 3. The van der Waals surface area contributed by atoms with Crippen molar-refractivity contribution in [2.45, 2.75) is 13.5 Å². The first-order valence-electron chi connectivity index (χ1n) is 12.1. The van der Waals surface area contributed by atoms with Crippen LogP contribution >= 0.6 is 0 Å². The molecule has 0 unspecified atom stereocenters. The van der Waals surface area contributed by atoms with E-state index in [9.17, 15) is 14.0 Å². The number of para-hydroxylation sites is 2. The molecule has 0 saturated heterocycles. The van der Waals surface area contributed by atoms with Crippen molar-refractivity contribution in [2.24, 2.45) is 7.05 Å². The number of nitrogens with zero attached hydrogens (tertiary/aromatic N) is 1. The first kappa shape index (κ1) is 26.5. The van der Waals surface area contributed by atoms with Gasteiger partial charge >= 0.3 is 0 Å². The van der Waals surface area contributed by atoms with Gasteiger partial charge in [0, 0.05) is 30.2 Å². The van der Waals surface area contributed by atoms with Crippen LogP contribution in [0.1, 0.15) is 21.6 Å². The van der Waals surface area contributed by atoms with Crippen molar-refractivity contribution in [3.05, 3.63) is 89.4 Å². The maximum absolute atomic E-state index is 13.2. The lowest BCUT2D eigenvalue weighted by Gasteiger charge is -2.11. The molecule has 3 aromatic carbocycles. The van der Waals surface area contributed by atoms with Crippen LogP contribution in [0.4, 0.5) is 4.39 Å². The molecule has 9 heteroatoms. The Morgan fingerprint density at radius 3 is 2.42 bits per heavy atom. The number of fused-ring (bicyclic) bond motifs is 1. The third-order valence-corrected chi connectivity index (χ3v) is 6.18. The normalized spacial score (nSPS) is 10.7. The van der Waals surface area contributed by atoms with Crippen LogP contribution in [0.5, 0.6) is 17.2 Å². The van der Waals surface area contributed by atoms with Gasteiger partial charge in [0.2, 0.25) is 0 Å². The summed E-state index contributed by atoms with van der Waals surface area (Å²) < 4.78 is 31.7. The lowest BCUT2D eigenvalue weighted by Crippen LogP contribution is -2.32. The molecule has 8 nitrogen and oxygen atoms in total. The van der Waals surface area contributed by atoms with Crippen LogP contribution in [0.25, 0.3) is 10.9 Å². The summed E-state index contributed by atoms with van der Waals surface area (Å²) >= 11 is 0. The summed E-state index contributed by atoms with van der Waals surface area (Å²) in [6, 6.07) is 18.6. The Labute approximate surface area is 220 Å². The second-order valence-corrected chi connectivity index (χ2v) is 8.65. The number of nitrogens with one attached hydrogen (secondary N) is 2. The molecular formula is C29H30FN3O5. The highest BCUT2D eigenvalue weighted by atomic mass is 19.1. The van der Waals surface area contributed by atoms with Gasteiger partial charge in [-0.3, -0.25) is 9.59 Å². The second kappa shape index (κ2) is 12.1. The van der Waals surface area contributed by atoms with E-state index in [-0.39, 0.29) is 37.4 Å². The average molecular weight is 520 g/mol. The molecule has 0 aliphatic rings. The van der Waals surface area contributed by atoms with Crippen molar-refractivity contribution in [1.29, 1.82) is 0 Å². The fourth-order valence-electron chi connectivity index (χ4n) is 4.09. The SMILES string of the molecule is COc1ccccc1OCCNC(=O)COc1ccc2c(c1)c(C(=O)NCc1ccc(F)cc1)c(C)n2C. The number of rotatable bonds is 11. The Morgan fingerprint density at radius 1 is 0.947 bits per heavy atom. The zero-order chi connectivity index (χ0) is 27.1. The number of aryl methyl sites for hydroxylation is 1. The Hall–Kier alpha value is -4.53. The van der Waals surface area contributed by atoms with E-state index in [0.29, 0.717) is 34.7 Å². The van der Waals surface area contributed by atoms with Crippen LogP contribution in [0.3, 0.4) is 0 Å². The lowest BCUT2D eigenvalue weighted by atomic mass is 10.1. The smallest absolute Gasteiger partial charge is 0.258 e. The summed E-state index contributed by atoms with van der Waals surface area (Å²) in [5.41, 5.74) is 2.97. The first-order chi connectivity index (χ1) is 18.4. The number of carbonyl (C=O) groups is 2. The largest absolute Gasteiger partial charge is 0.493 e. The molecular weight excluding hydrogens is 489 g/mol. The van der Waals surface area contributed by atoms with E-state index in [2.05, 4.69) is 10.6 Å². The molecule has 0 aliphatic heterocycles. The molecule has 2 amide bonds. The lowest BCUT2D eigenvalue weighted by molar-refractivity contribution is -0.123. The Morgan fingerprint density at radius 2 is 1.68 bits per heavy atom. The number of ether oxygens (including phenoxy) is 3. The summed E-state index contributed by atoms with van der Waals surface area (Å²) in [5, 5.41) is 6.37. The highest BCUT2D eigenvalue weighted by Gasteiger charge is 2.19. The quantitative estimate of drug-likeness (QED) is 0.291. The second-order valence-electron chi connectivity index (χ2n) is 8.65. The molecule has 4 aromatic rings. The number of halogens is 1. The third kappa shape index (κ3) is 6.23. The highest BCUT2D eigenvalue weighted by molar-refractivity contribution is 6.08. The monoisotopic (exact) mass is 519 g/mol. The topological polar surface area (TPSA) is 90.8 Å². The van der Waals surface area contributed by atoms with E-state index < -0.39 is 0 Å². The minimum absolute atomic E-state index is 0.182. The zero-order valence-corrected chi connectivity index (χ0v) is 21.5. The van der Waals surface area contributed by atoms with Gasteiger partial charge in [-0.25, -0.2) is 4.39 Å². The first-order valence-corrected chi connectivity index (χ1v) is 12.1. The molecule has 4 rings (SSSR count). The van der Waals surface area contributed by atoms with E-state index in [1.807, 2.05) is 36.7 Å². The van der Waals surface area contributed by atoms with E-state index in [1.165, 1.54) is 12.1 Å². The van der Waals surface area contributed by atoms with Gasteiger partial charge in [0.15, 0.2) is 18.1 Å². The Kier molecular flexibility index (Phi) is 8.47. The molecule has 0 atom stereocenters. The number of methoxy groups -OCH3 is 1. The summed E-state index contributed by atoms with van der Waals surface area (Å²) in [6.07, 6.45) is 0. The van der Waals surface area contributed by atoms with E-state index >= 15 is 0 Å². The molecule has 198 valence electrons. The number of hydrogen-bond donors (Lipinski definition) is 2. The summed E-state index contributed by atoms with van der Waals surface area (Å²) in [4.78, 5) is 25.4. The van der Waals surface area contributed by atoms with Crippen LogP contribution in [0, 0.1) is 12.7 Å². The van der Waals surface area contributed by atoms with Crippen molar-refractivity contribution in [3.63, 3.8) is 0 Å². The number of aromatic nitrogens is 1. The van der Waals surface area contributed by atoms with Gasteiger partial charge in [-0.2, -0.15) is 0 Å². The van der Waals surface area contributed by atoms with Crippen LogP contribution in [0.15, 0.2) is 66.7 Å². The van der Waals surface area contributed by atoms with Crippen molar-refractivity contribution < 1.29 is 28.2 Å². The van der Waals surface area contributed by atoms with Crippen LogP contribution in [-0.4, -0.2) is 43.2 Å². The fourth-order valence-corrected chi connectivity index (χ4v) is 4.09. The number of amides is 2. The van der Waals surface area contributed by atoms with Crippen molar-refractivity contribution in [1.82, 2.24) is 15.2 Å². The van der Waals surface area contributed by atoms with Crippen molar-refractivity contribution in [3.8, 4) is 17.2 Å². The summed E-state index contributed by atoms with van der Waals surface area (Å²) in [7, 11) is 3.45. The average Bonchev–Trinajstić information content (AvgIpc) is 3.18. The molecule has 0 fully saturated rings. The van der Waals surface area contributed by atoms with Crippen LogP contribution in [-0.2, 0) is 18.4 Å². The maximum Gasteiger partial charge on any atom is 0.258 e. The molecule has 0 spiro atoms. The molecule has 0 aliphatic carbocycles. The fraction of sp³-hybridized carbons (Fsp3) is 0.241. The Bertz CT molecular complexity index is 1430. The van der Waals surface area contributed by atoms with Gasteiger partial charge in [-0.15, -0.1) is 0 Å². The summed E-state index contributed by atoms with van der Waals surface area (Å²) in [6.45, 7) is 2.53. The van der Waals surface area contributed by atoms with Gasteiger partial charge in [-0.05, 0) is 55.0 Å². The molecule has 2 N–H and O–H groups in total. The highest BCUT2D eigenvalue weighted by Crippen LogP contribution is 2.29. The molecule has 1 aromatic heterocycles. The minimum atomic E-state index is -0.327. The predicted molar refractivity (Wildman–Crippen MR) is 142 cm³/mol. The van der Waals surface area contributed by atoms with E-state index in [4.69, 9.17) is 14.2 Å². The zero-order valence-electron chi connectivity index (χ0n) is 21.5. The van der Waals surface area contributed by atoms with Crippen molar-refractivity contribution >= 4 is 22.7 Å². The maximum atomic E-state index is 13.2. The van der Waals surface area contributed by atoms with Gasteiger partial charge in [0.05, 0.1) is 19.2 Å². The number of carbonyl (C=O) groups excluding carboxylic acids is 2. The van der Waals surface area contributed by atoms with Crippen molar-refractivity contribution in [2.75, 3.05) is 26.9 Å². The molecule has 1 heterocycles. The van der Waals surface area contributed by atoms with E-state index in [0.717, 1.165) is 16.8 Å². The Balaban J connectivity index is 1.34. The minimum Gasteiger partial charge on any atom is -0.493 e. The third-order valence-electron chi connectivity index (χ3n) is 6.18. The van der Waals surface area contributed by atoms with Gasteiger partial charge in [0.25, 0.3) is 11.8 Å². The standard InChI is InChI=1S/C29H30FN3O5/c1-19-28(29(35)32-17-20-8-10-21(30)11-9-20)23-16-22(12-13-24(23)33(19)2)38-18-27(34)31-14-15-37-26-7-5-4-6-25(26)36-3/h4-13,16H,14-15,17-18H2,1-3H3,(H,31,34)(H,32,35). The molecule has 38 heavy (non-hydrogen) atoms. The summed E-state index contributed by atoms with van der Waals surface area (Å²) in [5.74, 6) is 0.822. The molecule has 0 saturated carbocycles. The molecule has 0 radical (unpaired) electrons. The van der Waals surface area contributed by atoms with Crippen LogP contribution in [0.2, 0.25) is 0 Å². The van der Waals surface area contributed by atoms with E-state index in [1.54, 1.807) is 43.5 Å². The van der Waals surface area contributed by atoms with Gasteiger partial charge in [0.1, 0.15) is 18.2 Å². The number of hydrogen-bond acceptors (Lipinski definition) is 5. The van der Waals surface area contributed by atoms with Gasteiger partial charge < -0.3 is 29.4 Å². The van der Waals surface area contributed by atoms with Crippen LogP contribution < -0.4 is 24.8 Å². The molecule has 0 bridgehead atoms. The predicted octanol–water partition coefficient (Wildman–Crippen LogP) is 4.14.